The Bertz CT molecular complexity index is 1940. The summed E-state index contributed by atoms with van der Waals surface area (Å²) in [6.07, 6.45) is 0. The van der Waals surface area contributed by atoms with E-state index in [0.717, 1.165) is 22.2 Å². The fraction of sp³-hybridized carbons (Fsp3) is 0. The minimum atomic E-state index is 0.639. The summed E-state index contributed by atoms with van der Waals surface area (Å²) < 4.78 is 7.35. The van der Waals surface area contributed by atoms with Gasteiger partial charge in [-0.05, 0) is 12.1 Å². The van der Waals surface area contributed by atoms with Crippen molar-refractivity contribution in [3.05, 3.63) is 109 Å². The Morgan fingerprint density at radius 1 is 0.459 bits per heavy atom. The van der Waals surface area contributed by atoms with Crippen molar-refractivity contribution in [1.29, 1.82) is 0 Å². The Labute approximate surface area is 220 Å². The van der Waals surface area contributed by atoms with Gasteiger partial charge in [-0.1, -0.05) is 97.1 Å². The summed E-state index contributed by atoms with van der Waals surface area (Å²) in [5, 5.41) is 2.44. The number of benzene rings is 4. The molecular formula is C31H18N4S2. The Morgan fingerprint density at radius 2 is 0.892 bits per heavy atom. The van der Waals surface area contributed by atoms with Crippen molar-refractivity contribution < 1.29 is 0 Å². The molecule has 0 saturated heterocycles. The minimum absolute atomic E-state index is 0.639. The van der Waals surface area contributed by atoms with Gasteiger partial charge in [-0.25, -0.2) is 4.98 Å². The SMILES string of the molecule is c1ccc(-c2nc(-c3ccccc3)nc(-n3c4c5ccccc5sc4c4sc5ccccc5c43)n2)cc1. The summed E-state index contributed by atoms with van der Waals surface area (Å²) in [7, 11) is 0. The summed E-state index contributed by atoms with van der Waals surface area (Å²) in [5.41, 5.74) is 4.26. The van der Waals surface area contributed by atoms with Gasteiger partial charge in [-0.15, -0.1) is 22.7 Å². The molecule has 0 aliphatic heterocycles. The zero-order valence-corrected chi connectivity index (χ0v) is 21.1. The average Bonchev–Trinajstić information content (AvgIpc) is 3.62. The summed E-state index contributed by atoms with van der Waals surface area (Å²) >= 11 is 3.68. The first-order valence-corrected chi connectivity index (χ1v) is 13.7. The van der Waals surface area contributed by atoms with Crippen molar-refractivity contribution in [3.63, 3.8) is 0 Å². The number of hydrogen-bond donors (Lipinski definition) is 0. The van der Waals surface area contributed by atoms with E-state index in [2.05, 4.69) is 77.4 Å². The van der Waals surface area contributed by atoms with Crippen LogP contribution in [0.5, 0.6) is 0 Å². The summed E-state index contributed by atoms with van der Waals surface area (Å²) in [6.45, 7) is 0. The Hall–Kier alpha value is -4.39. The summed E-state index contributed by atoms with van der Waals surface area (Å²) in [4.78, 5) is 15.1. The second-order valence-corrected chi connectivity index (χ2v) is 11.0. The van der Waals surface area contributed by atoms with Crippen LogP contribution in [0.15, 0.2) is 109 Å². The van der Waals surface area contributed by atoms with Crippen LogP contribution in [0.1, 0.15) is 0 Å². The van der Waals surface area contributed by atoms with Crippen LogP contribution in [0.3, 0.4) is 0 Å². The first kappa shape index (κ1) is 20.8. The van der Waals surface area contributed by atoms with Crippen molar-refractivity contribution in [2.24, 2.45) is 0 Å². The molecule has 0 aliphatic rings. The second kappa shape index (κ2) is 8.06. The maximum Gasteiger partial charge on any atom is 0.238 e. The highest BCUT2D eigenvalue weighted by molar-refractivity contribution is 7.33. The summed E-state index contributed by atoms with van der Waals surface area (Å²) in [5.74, 6) is 1.97. The lowest BCUT2D eigenvalue weighted by Crippen LogP contribution is -2.06. The van der Waals surface area contributed by atoms with Crippen LogP contribution in [0, 0.1) is 0 Å². The zero-order chi connectivity index (χ0) is 24.3. The van der Waals surface area contributed by atoms with Gasteiger partial charge in [0.15, 0.2) is 11.6 Å². The van der Waals surface area contributed by atoms with Gasteiger partial charge in [0.2, 0.25) is 5.95 Å². The molecule has 4 aromatic heterocycles. The van der Waals surface area contributed by atoms with E-state index in [1.165, 1.54) is 29.6 Å². The standard InChI is InChI=1S/C31H18N4S2/c1-3-11-19(12-4-1)29-32-30(20-13-5-2-6-14-20)34-31(33-29)35-25-21-15-7-9-17-23(21)36-27(25)28-26(35)22-16-8-10-18-24(22)37-28/h1-18H. The molecule has 0 aliphatic carbocycles. The molecule has 6 heteroatoms. The predicted octanol–water partition coefficient (Wildman–Crippen LogP) is 8.73. The van der Waals surface area contributed by atoms with Gasteiger partial charge >= 0.3 is 0 Å². The Kier molecular flexibility index (Phi) is 4.53. The van der Waals surface area contributed by atoms with Gasteiger partial charge < -0.3 is 0 Å². The third kappa shape index (κ3) is 3.16. The quantitative estimate of drug-likeness (QED) is 0.239. The molecule has 0 atom stereocenters. The smallest absolute Gasteiger partial charge is 0.238 e. The average molecular weight is 511 g/mol. The molecule has 4 nitrogen and oxygen atoms in total. The third-order valence-corrected chi connectivity index (χ3v) is 9.16. The van der Waals surface area contributed by atoms with Crippen LogP contribution in [-0.4, -0.2) is 19.5 Å². The van der Waals surface area contributed by atoms with Crippen molar-refractivity contribution in [2.45, 2.75) is 0 Å². The van der Waals surface area contributed by atoms with Crippen LogP contribution < -0.4 is 0 Å². The molecule has 0 bridgehead atoms. The van der Waals surface area contributed by atoms with E-state index < -0.39 is 0 Å². The molecule has 4 heterocycles. The Morgan fingerprint density at radius 3 is 1.38 bits per heavy atom. The molecule has 0 radical (unpaired) electrons. The first-order valence-electron chi connectivity index (χ1n) is 12.1. The lowest BCUT2D eigenvalue weighted by atomic mass is 10.2. The van der Waals surface area contributed by atoms with Gasteiger partial charge in [0.05, 0.1) is 20.4 Å². The molecule has 0 spiro atoms. The molecule has 0 N–H and O–H groups in total. The van der Waals surface area contributed by atoms with Crippen LogP contribution in [0.2, 0.25) is 0 Å². The maximum atomic E-state index is 5.09. The number of aromatic nitrogens is 4. The summed E-state index contributed by atoms with van der Waals surface area (Å²) in [6, 6.07) is 37.5. The van der Waals surface area contributed by atoms with E-state index >= 15 is 0 Å². The van der Waals surface area contributed by atoms with E-state index in [4.69, 9.17) is 15.0 Å². The van der Waals surface area contributed by atoms with Crippen LogP contribution in [0.4, 0.5) is 0 Å². The van der Waals surface area contributed by atoms with Crippen molar-refractivity contribution in [2.75, 3.05) is 0 Å². The van der Waals surface area contributed by atoms with Crippen LogP contribution in [-0.2, 0) is 0 Å². The lowest BCUT2D eigenvalue weighted by molar-refractivity contribution is 0.957. The molecular weight excluding hydrogens is 493 g/mol. The minimum Gasteiger partial charge on any atom is -0.275 e. The Balaban J connectivity index is 1.54. The molecule has 8 rings (SSSR count). The van der Waals surface area contributed by atoms with Crippen LogP contribution in [0.25, 0.3) is 69.3 Å². The largest absolute Gasteiger partial charge is 0.275 e. The number of rotatable bonds is 3. The molecule has 0 fully saturated rings. The van der Waals surface area contributed by atoms with Gasteiger partial charge in [0.1, 0.15) is 0 Å². The maximum absolute atomic E-state index is 5.09. The highest BCUT2D eigenvalue weighted by Crippen LogP contribution is 2.47. The fourth-order valence-corrected chi connectivity index (χ4v) is 7.53. The van der Waals surface area contributed by atoms with Gasteiger partial charge in [-0.2, -0.15) is 9.97 Å². The highest BCUT2D eigenvalue weighted by atomic mass is 32.1. The molecule has 8 aromatic rings. The molecule has 0 amide bonds. The van der Waals surface area contributed by atoms with Gasteiger partial charge in [0, 0.05) is 31.3 Å². The van der Waals surface area contributed by atoms with Crippen molar-refractivity contribution in [1.82, 2.24) is 19.5 Å². The van der Waals surface area contributed by atoms with Gasteiger partial charge in [0.25, 0.3) is 0 Å². The normalized spacial score (nSPS) is 11.8. The molecule has 0 saturated carbocycles. The first-order chi connectivity index (χ1) is 18.3. The predicted molar refractivity (Wildman–Crippen MR) is 156 cm³/mol. The lowest BCUT2D eigenvalue weighted by Gasteiger charge is -2.11. The molecule has 37 heavy (non-hydrogen) atoms. The van der Waals surface area contributed by atoms with Crippen molar-refractivity contribution >= 4 is 63.3 Å². The zero-order valence-electron chi connectivity index (χ0n) is 19.5. The van der Waals surface area contributed by atoms with E-state index in [1.54, 1.807) is 0 Å². The third-order valence-electron chi connectivity index (χ3n) is 6.68. The van der Waals surface area contributed by atoms with E-state index in [9.17, 15) is 0 Å². The van der Waals surface area contributed by atoms with Gasteiger partial charge in [-0.3, -0.25) is 4.57 Å². The highest BCUT2D eigenvalue weighted by Gasteiger charge is 2.24. The number of fused-ring (bicyclic) bond motifs is 7. The molecule has 0 unspecified atom stereocenters. The number of thiophene rings is 2. The fourth-order valence-electron chi connectivity index (χ4n) is 5.02. The topological polar surface area (TPSA) is 43.6 Å². The number of hydrogen-bond acceptors (Lipinski definition) is 5. The monoisotopic (exact) mass is 510 g/mol. The van der Waals surface area contributed by atoms with E-state index in [0.29, 0.717) is 17.6 Å². The van der Waals surface area contributed by atoms with Crippen LogP contribution >= 0.6 is 22.7 Å². The number of nitrogens with zero attached hydrogens (tertiary/aromatic N) is 4. The molecule has 174 valence electrons. The van der Waals surface area contributed by atoms with Crippen molar-refractivity contribution in [3.8, 4) is 28.7 Å². The van der Waals surface area contributed by atoms with E-state index in [1.807, 2.05) is 59.1 Å². The van der Waals surface area contributed by atoms with E-state index in [-0.39, 0.29) is 0 Å². The second-order valence-electron chi connectivity index (χ2n) is 8.90. The molecule has 4 aromatic carbocycles.